The molecule has 1 amide bonds. The Bertz CT molecular complexity index is 875. The second kappa shape index (κ2) is 8.62. The van der Waals surface area contributed by atoms with Gasteiger partial charge in [-0.05, 0) is 24.3 Å². The minimum absolute atomic E-state index is 0.210. The van der Waals surface area contributed by atoms with E-state index in [0.29, 0.717) is 35.5 Å². The van der Waals surface area contributed by atoms with Crippen LogP contribution < -0.4 is 10.1 Å². The van der Waals surface area contributed by atoms with Crippen molar-refractivity contribution in [1.82, 2.24) is 15.3 Å². The minimum atomic E-state index is -0.210. The second-order valence-electron chi connectivity index (χ2n) is 5.88. The maximum atomic E-state index is 12.2. The van der Waals surface area contributed by atoms with Crippen LogP contribution in [0.4, 0.5) is 0 Å². The van der Waals surface area contributed by atoms with Crippen LogP contribution in [0.3, 0.4) is 0 Å². The van der Waals surface area contributed by atoms with Crippen molar-refractivity contribution in [3.8, 4) is 5.75 Å². The van der Waals surface area contributed by atoms with E-state index >= 15 is 0 Å². The summed E-state index contributed by atoms with van der Waals surface area (Å²) in [5.74, 6) is 0.893. The van der Waals surface area contributed by atoms with Crippen molar-refractivity contribution < 1.29 is 9.53 Å². The first kappa shape index (κ1) is 18.8. The number of thiazole rings is 2. The Labute approximate surface area is 165 Å². The van der Waals surface area contributed by atoms with E-state index in [1.165, 1.54) is 11.3 Å². The number of hydrogen-bond donors (Lipinski definition) is 1. The molecule has 0 radical (unpaired) electrons. The molecular weight excluding hydrogens is 390 g/mol. The normalized spacial score (nSPS) is 10.9. The fraction of sp³-hybridized carbons (Fsp3) is 0.278. The summed E-state index contributed by atoms with van der Waals surface area (Å²) in [7, 11) is 0. The molecular formula is C18H18ClN3O2S2. The largest absolute Gasteiger partial charge is 0.486 e. The molecule has 0 spiro atoms. The van der Waals surface area contributed by atoms with E-state index in [1.807, 2.05) is 5.38 Å². The molecule has 136 valence electrons. The summed E-state index contributed by atoms with van der Waals surface area (Å²) >= 11 is 8.85. The number of carbonyl (C=O) groups excluding carboxylic acids is 1. The van der Waals surface area contributed by atoms with Gasteiger partial charge in [-0.1, -0.05) is 25.4 Å². The van der Waals surface area contributed by atoms with Gasteiger partial charge in [-0.25, -0.2) is 9.97 Å². The second-order valence-corrected chi connectivity index (χ2v) is 8.15. The van der Waals surface area contributed by atoms with Crippen molar-refractivity contribution in [2.75, 3.05) is 0 Å². The highest BCUT2D eigenvalue weighted by Gasteiger charge is 2.12. The van der Waals surface area contributed by atoms with Crippen molar-refractivity contribution in [1.29, 1.82) is 0 Å². The van der Waals surface area contributed by atoms with E-state index < -0.39 is 0 Å². The van der Waals surface area contributed by atoms with Gasteiger partial charge in [0.25, 0.3) is 5.91 Å². The van der Waals surface area contributed by atoms with Crippen LogP contribution >= 0.6 is 34.3 Å². The summed E-state index contributed by atoms with van der Waals surface area (Å²) in [5.41, 5.74) is 1.26. The van der Waals surface area contributed by atoms with Crippen molar-refractivity contribution in [3.63, 3.8) is 0 Å². The molecule has 8 heteroatoms. The summed E-state index contributed by atoms with van der Waals surface area (Å²) in [6.07, 6.45) is 0. The smallest absolute Gasteiger partial charge is 0.271 e. The van der Waals surface area contributed by atoms with Gasteiger partial charge in [-0.3, -0.25) is 4.79 Å². The monoisotopic (exact) mass is 407 g/mol. The van der Waals surface area contributed by atoms with E-state index in [-0.39, 0.29) is 5.91 Å². The van der Waals surface area contributed by atoms with Gasteiger partial charge in [0.2, 0.25) is 0 Å². The number of halogens is 1. The molecule has 0 saturated carbocycles. The maximum absolute atomic E-state index is 12.2. The fourth-order valence-electron chi connectivity index (χ4n) is 2.09. The molecule has 1 N–H and O–H groups in total. The fourth-order valence-corrected chi connectivity index (χ4v) is 3.73. The predicted molar refractivity (Wildman–Crippen MR) is 105 cm³/mol. The summed E-state index contributed by atoms with van der Waals surface area (Å²) in [6.45, 7) is 4.91. The van der Waals surface area contributed by atoms with Crippen molar-refractivity contribution in [3.05, 3.63) is 61.5 Å². The lowest BCUT2D eigenvalue weighted by Crippen LogP contribution is -2.23. The minimum Gasteiger partial charge on any atom is -0.486 e. The number of rotatable bonds is 7. The van der Waals surface area contributed by atoms with E-state index in [4.69, 9.17) is 16.3 Å². The van der Waals surface area contributed by atoms with Gasteiger partial charge in [0.1, 0.15) is 23.1 Å². The van der Waals surface area contributed by atoms with Crippen molar-refractivity contribution in [2.45, 2.75) is 32.9 Å². The van der Waals surface area contributed by atoms with Crippen LogP contribution in [0.2, 0.25) is 5.02 Å². The third-order valence-electron chi connectivity index (χ3n) is 3.45. The van der Waals surface area contributed by atoms with Crippen LogP contribution in [0.25, 0.3) is 0 Å². The summed E-state index contributed by atoms with van der Waals surface area (Å²) in [5, 5.41) is 9.03. The zero-order chi connectivity index (χ0) is 18.5. The zero-order valence-electron chi connectivity index (χ0n) is 14.4. The van der Waals surface area contributed by atoms with Gasteiger partial charge in [0, 0.05) is 21.7 Å². The molecule has 0 fully saturated rings. The Kier molecular flexibility index (Phi) is 6.24. The molecule has 2 heterocycles. The first-order valence-corrected chi connectivity index (χ1v) is 10.2. The Morgan fingerprint density at radius 2 is 1.96 bits per heavy atom. The summed E-state index contributed by atoms with van der Waals surface area (Å²) < 4.78 is 5.64. The number of carbonyl (C=O) groups is 1. The SMILES string of the molecule is CC(C)c1nc(CNC(=O)c2csc(COc3ccc(Cl)cc3)n2)cs1. The molecule has 0 aliphatic carbocycles. The van der Waals surface area contributed by atoms with Crippen molar-refractivity contribution in [2.24, 2.45) is 0 Å². The molecule has 0 bridgehead atoms. The van der Waals surface area contributed by atoms with Crippen LogP contribution in [-0.2, 0) is 13.2 Å². The first-order valence-electron chi connectivity index (χ1n) is 8.06. The topological polar surface area (TPSA) is 64.1 Å². The van der Waals surface area contributed by atoms with Crippen LogP contribution in [0.1, 0.15) is 46.0 Å². The maximum Gasteiger partial charge on any atom is 0.271 e. The first-order chi connectivity index (χ1) is 12.5. The van der Waals surface area contributed by atoms with Crippen LogP contribution in [-0.4, -0.2) is 15.9 Å². The number of amides is 1. The van der Waals surface area contributed by atoms with Gasteiger partial charge >= 0.3 is 0 Å². The third-order valence-corrected chi connectivity index (χ3v) is 5.72. The molecule has 0 saturated heterocycles. The average molecular weight is 408 g/mol. The molecule has 0 atom stereocenters. The summed E-state index contributed by atoms with van der Waals surface area (Å²) in [4.78, 5) is 21.1. The number of nitrogens with one attached hydrogen (secondary N) is 1. The quantitative estimate of drug-likeness (QED) is 0.605. The van der Waals surface area contributed by atoms with Crippen LogP contribution in [0, 0.1) is 0 Å². The lowest BCUT2D eigenvalue weighted by molar-refractivity contribution is 0.0946. The van der Waals surface area contributed by atoms with Crippen LogP contribution in [0.5, 0.6) is 5.75 Å². The Balaban J connectivity index is 1.51. The molecule has 2 aromatic heterocycles. The van der Waals surface area contributed by atoms with Gasteiger partial charge in [-0.2, -0.15) is 0 Å². The molecule has 0 aliphatic rings. The lowest BCUT2D eigenvalue weighted by Gasteiger charge is -2.03. The number of benzene rings is 1. The Hall–Kier alpha value is -1.96. The average Bonchev–Trinajstić information content (AvgIpc) is 3.29. The molecule has 26 heavy (non-hydrogen) atoms. The highest BCUT2D eigenvalue weighted by atomic mass is 35.5. The number of hydrogen-bond acceptors (Lipinski definition) is 6. The number of aromatic nitrogens is 2. The molecule has 0 aliphatic heterocycles. The highest BCUT2D eigenvalue weighted by molar-refractivity contribution is 7.10. The van der Waals surface area contributed by atoms with Crippen molar-refractivity contribution >= 4 is 40.2 Å². The third kappa shape index (κ3) is 5.03. The lowest BCUT2D eigenvalue weighted by atomic mass is 10.2. The molecule has 0 unspecified atom stereocenters. The van der Waals surface area contributed by atoms with Gasteiger partial charge in [-0.15, -0.1) is 22.7 Å². The molecule has 3 aromatic rings. The number of nitrogens with zero attached hydrogens (tertiary/aromatic N) is 2. The van der Waals surface area contributed by atoms with Crippen LogP contribution in [0.15, 0.2) is 35.0 Å². The summed E-state index contributed by atoms with van der Waals surface area (Å²) in [6, 6.07) is 7.12. The van der Waals surface area contributed by atoms with E-state index in [2.05, 4.69) is 29.1 Å². The zero-order valence-corrected chi connectivity index (χ0v) is 16.7. The number of ether oxygens (including phenoxy) is 1. The molecule has 1 aromatic carbocycles. The molecule has 5 nitrogen and oxygen atoms in total. The molecule has 3 rings (SSSR count). The predicted octanol–water partition coefficient (Wildman–Crippen LogP) is 4.89. The Morgan fingerprint density at radius 1 is 1.19 bits per heavy atom. The highest BCUT2D eigenvalue weighted by Crippen LogP contribution is 2.20. The van der Waals surface area contributed by atoms with E-state index in [0.717, 1.165) is 15.7 Å². The van der Waals surface area contributed by atoms with Gasteiger partial charge < -0.3 is 10.1 Å². The van der Waals surface area contributed by atoms with E-state index in [1.54, 1.807) is 41.0 Å². The van der Waals surface area contributed by atoms with Gasteiger partial charge in [0.05, 0.1) is 17.2 Å². The van der Waals surface area contributed by atoms with E-state index in [9.17, 15) is 4.79 Å². The standard InChI is InChI=1S/C18H18ClN3O2S2/c1-11(2)18-21-13(9-26-18)7-20-17(23)15-10-25-16(22-15)8-24-14-5-3-12(19)4-6-14/h3-6,9-11H,7-8H2,1-2H3,(H,20,23). The Morgan fingerprint density at radius 3 is 2.65 bits per heavy atom. The van der Waals surface area contributed by atoms with Gasteiger partial charge in [0.15, 0.2) is 0 Å².